The number of piperidine rings is 1. The number of benzene rings is 2. The molecule has 1 aliphatic heterocycles. The standard InChI is InChI=1S/C28H29FN6O4S/c1-2-40(38,39)33-27(36)23-18-32-35-25(23)31-17-24(26(35)30-16-19-7-6-10-22(29)15-19)28(37)34-13-11-21(12-14-34)20-8-4-3-5-9-20/h3-10,15,17-18,21,30H,2,11-14,16H2,1H3,(H,33,36). The van der Waals surface area contributed by atoms with Gasteiger partial charge in [0.2, 0.25) is 10.0 Å². The summed E-state index contributed by atoms with van der Waals surface area (Å²) in [6.07, 6.45) is 4.20. The molecule has 0 unspecified atom stereocenters. The maximum Gasteiger partial charge on any atom is 0.270 e. The Labute approximate surface area is 231 Å². The Morgan fingerprint density at radius 1 is 1.02 bits per heavy atom. The quantitative estimate of drug-likeness (QED) is 0.335. The van der Waals surface area contributed by atoms with Crippen LogP contribution in [0.3, 0.4) is 0 Å². The van der Waals surface area contributed by atoms with Crippen LogP contribution in [0.25, 0.3) is 5.65 Å². The fraction of sp³-hybridized carbons (Fsp3) is 0.286. The zero-order valence-corrected chi connectivity index (χ0v) is 22.7. The first-order valence-electron chi connectivity index (χ1n) is 13.0. The lowest BCUT2D eigenvalue weighted by atomic mass is 9.89. The Hall–Kier alpha value is -4.32. The molecule has 2 amide bonds. The molecule has 1 fully saturated rings. The predicted molar refractivity (Wildman–Crippen MR) is 148 cm³/mol. The van der Waals surface area contributed by atoms with Gasteiger partial charge in [-0.25, -0.2) is 22.5 Å². The van der Waals surface area contributed by atoms with Crippen LogP contribution in [-0.2, 0) is 16.6 Å². The highest BCUT2D eigenvalue weighted by molar-refractivity contribution is 7.90. The molecule has 2 aromatic carbocycles. The molecule has 0 radical (unpaired) electrons. The number of carbonyl (C=O) groups excluding carboxylic acids is 2. The van der Waals surface area contributed by atoms with Gasteiger partial charge in [-0.15, -0.1) is 0 Å². The zero-order valence-electron chi connectivity index (χ0n) is 21.9. The number of hydrogen-bond acceptors (Lipinski definition) is 7. The van der Waals surface area contributed by atoms with Gasteiger partial charge in [-0.1, -0.05) is 42.5 Å². The lowest BCUT2D eigenvalue weighted by Gasteiger charge is -2.32. The molecular formula is C28H29FN6O4S. The number of anilines is 1. The van der Waals surface area contributed by atoms with E-state index in [2.05, 4.69) is 27.5 Å². The molecule has 5 rings (SSSR count). The molecule has 0 bridgehead atoms. The van der Waals surface area contributed by atoms with Gasteiger partial charge in [-0.2, -0.15) is 9.61 Å². The van der Waals surface area contributed by atoms with Crippen molar-refractivity contribution in [3.8, 4) is 0 Å². The number of nitrogens with zero attached hydrogens (tertiary/aromatic N) is 4. The van der Waals surface area contributed by atoms with E-state index in [0.717, 1.165) is 12.8 Å². The third kappa shape index (κ3) is 5.81. The van der Waals surface area contributed by atoms with Gasteiger partial charge in [0.25, 0.3) is 11.8 Å². The fourth-order valence-electron chi connectivity index (χ4n) is 4.83. The molecule has 208 valence electrons. The normalized spacial score (nSPS) is 14.3. The minimum Gasteiger partial charge on any atom is -0.365 e. The summed E-state index contributed by atoms with van der Waals surface area (Å²) in [6.45, 7) is 2.70. The molecular weight excluding hydrogens is 535 g/mol. The van der Waals surface area contributed by atoms with Crippen molar-refractivity contribution in [2.45, 2.75) is 32.2 Å². The number of amides is 2. The molecule has 1 aliphatic rings. The molecule has 1 saturated heterocycles. The number of nitrogens with one attached hydrogen (secondary N) is 2. The molecule has 3 heterocycles. The van der Waals surface area contributed by atoms with E-state index in [9.17, 15) is 22.4 Å². The third-order valence-electron chi connectivity index (χ3n) is 7.03. The molecule has 2 aromatic heterocycles. The Morgan fingerprint density at radius 3 is 2.48 bits per heavy atom. The van der Waals surface area contributed by atoms with Crippen molar-refractivity contribution in [2.24, 2.45) is 0 Å². The lowest BCUT2D eigenvalue weighted by Crippen LogP contribution is -2.38. The Bertz CT molecular complexity index is 1650. The first-order chi connectivity index (χ1) is 19.3. The smallest absolute Gasteiger partial charge is 0.270 e. The summed E-state index contributed by atoms with van der Waals surface area (Å²) in [5.74, 6) is -1.16. The highest BCUT2D eigenvalue weighted by Gasteiger charge is 2.28. The van der Waals surface area contributed by atoms with Gasteiger partial charge < -0.3 is 10.2 Å². The number of halogens is 1. The molecule has 2 N–H and O–H groups in total. The summed E-state index contributed by atoms with van der Waals surface area (Å²) >= 11 is 0. The van der Waals surface area contributed by atoms with Gasteiger partial charge in [-0.3, -0.25) is 9.59 Å². The molecule has 10 nitrogen and oxygen atoms in total. The van der Waals surface area contributed by atoms with Gasteiger partial charge in [0.15, 0.2) is 5.65 Å². The summed E-state index contributed by atoms with van der Waals surface area (Å²) in [6, 6.07) is 16.3. The van der Waals surface area contributed by atoms with Crippen LogP contribution in [0.5, 0.6) is 0 Å². The maximum atomic E-state index is 13.8. The van der Waals surface area contributed by atoms with Gasteiger partial charge in [0.05, 0.1) is 11.9 Å². The van der Waals surface area contributed by atoms with E-state index in [1.165, 1.54) is 41.5 Å². The van der Waals surface area contributed by atoms with Crippen molar-refractivity contribution < 1.29 is 22.4 Å². The maximum absolute atomic E-state index is 13.8. The number of sulfonamides is 1. The van der Waals surface area contributed by atoms with Crippen LogP contribution in [0.1, 0.15) is 57.5 Å². The predicted octanol–water partition coefficient (Wildman–Crippen LogP) is 3.58. The second-order valence-corrected chi connectivity index (χ2v) is 11.6. The van der Waals surface area contributed by atoms with Gasteiger partial charge >= 0.3 is 0 Å². The van der Waals surface area contributed by atoms with Crippen molar-refractivity contribution >= 4 is 33.3 Å². The van der Waals surface area contributed by atoms with Crippen LogP contribution in [-0.4, -0.2) is 58.6 Å². The molecule has 0 atom stereocenters. The third-order valence-corrected chi connectivity index (χ3v) is 8.29. The van der Waals surface area contributed by atoms with Crippen molar-refractivity contribution in [1.29, 1.82) is 0 Å². The molecule has 0 saturated carbocycles. The van der Waals surface area contributed by atoms with Crippen molar-refractivity contribution in [3.63, 3.8) is 0 Å². The number of fused-ring (bicyclic) bond motifs is 1. The van der Waals surface area contributed by atoms with Crippen LogP contribution in [0, 0.1) is 5.82 Å². The van der Waals surface area contributed by atoms with E-state index in [4.69, 9.17) is 0 Å². The topological polar surface area (TPSA) is 126 Å². The molecule has 4 aromatic rings. The highest BCUT2D eigenvalue weighted by Crippen LogP contribution is 2.30. The fourth-order valence-corrected chi connectivity index (χ4v) is 5.37. The number of carbonyl (C=O) groups is 2. The van der Waals surface area contributed by atoms with E-state index in [0.29, 0.717) is 24.6 Å². The van der Waals surface area contributed by atoms with Crippen molar-refractivity contribution in [2.75, 3.05) is 24.2 Å². The summed E-state index contributed by atoms with van der Waals surface area (Å²) in [5.41, 5.74) is 2.13. The van der Waals surface area contributed by atoms with Crippen LogP contribution in [0.2, 0.25) is 0 Å². The van der Waals surface area contributed by atoms with E-state index in [-0.39, 0.29) is 40.8 Å². The van der Waals surface area contributed by atoms with E-state index in [1.807, 2.05) is 22.9 Å². The minimum absolute atomic E-state index is 0.0616. The number of likely N-dealkylation sites (tertiary alicyclic amines) is 1. The van der Waals surface area contributed by atoms with Gasteiger partial charge in [-0.05, 0) is 48.9 Å². The van der Waals surface area contributed by atoms with Crippen molar-refractivity contribution in [1.82, 2.24) is 24.2 Å². The van der Waals surface area contributed by atoms with E-state index >= 15 is 0 Å². The monoisotopic (exact) mass is 564 g/mol. The van der Waals surface area contributed by atoms with Crippen LogP contribution in [0.15, 0.2) is 67.0 Å². The second kappa shape index (κ2) is 11.4. The highest BCUT2D eigenvalue weighted by atomic mass is 32.2. The molecule has 0 spiro atoms. The first-order valence-corrected chi connectivity index (χ1v) is 14.6. The van der Waals surface area contributed by atoms with Gasteiger partial charge in [0, 0.05) is 25.8 Å². The Kier molecular flexibility index (Phi) is 7.78. The number of rotatable bonds is 8. The molecule has 40 heavy (non-hydrogen) atoms. The summed E-state index contributed by atoms with van der Waals surface area (Å²) < 4.78 is 41.0. The summed E-state index contributed by atoms with van der Waals surface area (Å²) in [7, 11) is -3.81. The number of aromatic nitrogens is 3. The average Bonchev–Trinajstić information content (AvgIpc) is 3.41. The average molecular weight is 565 g/mol. The summed E-state index contributed by atoms with van der Waals surface area (Å²) in [4.78, 5) is 32.5. The van der Waals surface area contributed by atoms with E-state index in [1.54, 1.807) is 17.0 Å². The number of hydrogen-bond donors (Lipinski definition) is 2. The second-order valence-electron chi connectivity index (χ2n) is 9.61. The first kappa shape index (κ1) is 27.3. The van der Waals surface area contributed by atoms with Crippen LogP contribution in [0.4, 0.5) is 10.2 Å². The van der Waals surface area contributed by atoms with E-state index < -0.39 is 21.7 Å². The van der Waals surface area contributed by atoms with Gasteiger partial charge in [0.1, 0.15) is 22.8 Å². The summed E-state index contributed by atoms with van der Waals surface area (Å²) in [5, 5.41) is 7.42. The largest absolute Gasteiger partial charge is 0.365 e. The van der Waals surface area contributed by atoms with Crippen LogP contribution >= 0.6 is 0 Å². The molecule has 12 heteroatoms. The minimum atomic E-state index is -3.81. The SMILES string of the molecule is CCS(=O)(=O)NC(=O)c1cnn2c(NCc3cccc(F)c3)c(C(=O)N3CCC(c4ccccc4)CC3)cnc12. The van der Waals surface area contributed by atoms with Crippen LogP contribution < -0.4 is 10.0 Å². The Morgan fingerprint density at radius 2 is 1.77 bits per heavy atom. The lowest BCUT2D eigenvalue weighted by molar-refractivity contribution is 0.0712. The Balaban J connectivity index is 1.45. The van der Waals surface area contributed by atoms with Crippen molar-refractivity contribution in [3.05, 3.63) is 95.1 Å². The zero-order chi connectivity index (χ0) is 28.3. The molecule has 0 aliphatic carbocycles.